The molecule has 56 heavy (non-hydrogen) atoms. The van der Waals surface area contributed by atoms with Gasteiger partial charge in [-0.25, -0.2) is 22.5 Å². The van der Waals surface area contributed by atoms with Gasteiger partial charge in [0, 0.05) is 0 Å². The van der Waals surface area contributed by atoms with E-state index in [4.69, 9.17) is 13.2 Å². The Morgan fingerprint density at radius 3 is 0.964 bits per heavy atom. The Hall–Kier alpha value is -2.42. The summed E-state index contributed by atoms with van der Waals surface area (Å²) in [5, 5.41) is 8.00. The molecule has 0 radical (unpaired) electrons. The van der Waals surface area contributed by atoms with Crippen LogP contribution in [0.3, 0.4) is 0 Å². The van der Waals surface area contributed by atoms with Crippen LogP contribution in [0.5, 0.6) is 0 Å². The van der Waals surface area contributed by atoms with Gasteiger partial charge in [0.05, 0.1) is 0 Å². The fourth-order valence-corrected chi connectivity index (χ4v) is 8.63. The average Bonchev–Trinajstić information content (AvgIpc) is 3.84. The van der Waals surface area contributed by atoms with Gasteiger partial charge < -0.3 is 24.8 Å². The molecule has 0 amide bonds. The third kappa shape index (κ3) is 23.1. The van der Waals surface area contributed by atoms with Gasteiger partial charge in [0.15, 0.2) is 0 Å². The fraction of sp³-hybridized carbons (Fsp3) is 0.200. The van der Waals surface area contributed by atoms with Crippen LogP contribution in [0.1, 0.15) is 38.8 Å². The molecular weight excluding hydrogens is 910 g/mol. The van der Waals surface area contributed by atoms with E-state index in [1.807, 2.05) is 26.0 Å². The number of fused-ring (bicyclic) bond motifs is 2. The van der Waals surface area contributed by atoms with Crippen LogP contribution < -0.4 is 24.8 Å². The van der Waals surface area contributed by atoms with Crippen LogP contribution in [-0.4, -0.2) is 22.6 Å². The first kappa shape index (κ1) is 55.7. The molecule has 0 aliphatic heterocycles. The van der Waals surface area contributed by atoms with Gasteiger partial charge in [-0.05, 0) is 16.1 Å². The van der Waals surface area contributed by atoms with Crippen molar-refractivity contribution in [1.82, 2.24) is 0 Å². The van der Waals surface area contributed by atoms with Crippen molar-refractivity contribution >= 4 is 44.1 Å². The fourth-order valence-electron chi connectivity index (χ4n) is 5.07. The summed E-state index contributed by atoms with van der Waals surface area (Å²) in [6, 6.07) is 50.3. The summed E-state index contributed by atoms with van der Waals surface area (Å²) in [6.07, 6.45) is 7.66. The van der Waals surface area contributed by atoms with Gasteiger partial charge >= 0.3 is 141 Å². The number of allylic oxidation sites excluding steroid dienone is 6. The first-order chi connectivity index (χ1) is 25.6. The van der Waals surface area contributed by atoms with Crippen LogP contribution in [0.2, 0.25) is 39.3 Å². The van der Waals surface area contributed by atoms with E-state index in [-0.39, 0.29) is 24.8 Å². The maximum Gasteiger partial charge on any atom is -0.0114 e. The summed E-state index contributed by atoms with van der Waals surface area (Å²) in [7, 11) is -2.21. The largest absolute Gasteiger partial charge is 1.00 e. The van der Waals surface area contributed by atoms with Gasteiger partial charge in [-0.1, -0.05) is 65.3 Å². The second-order valence-corrected chi connectivity index (χ2v) is 28.5. The zero-order valence-corrected chi connectivity index (χ0v) is 43.5. The van der Waals surface area contributed by atoms with Crippen molar-refractivity contribution in [2.75, 3.05) is 0 Å². The molecule has 292 valence electrons. The standard InChI is InChI=1S/2C9H7.2C8H15Si.2C8H8.2ClH.2Zr/c2*1-2-5-9-7-3-6-8(9)4-1;2*1-6-8(7-2)9(3,4)5;2*1-2-8-6-4-3-5-7-8;;;;/h2*1-7H;2*1,6-7H,2-5H3;2*3-7H,1H3;2*1H;;/q4*-1;;;;;2*+2/p-2/b;;2*8-7-;;;;;;. The van der Waals surface area contributed by atoms with Crippen LogP contribution in [0.25, 0.3) is 21.5 Å². The van der Waals surface area contributed by atoms with E-state index < -0.39 is 16.1 Å². The molecule has 0 nitrogen and oxygen atoms in total. The zero-order valence-electron chi connectivity index (χ0n) is 35.1. The summed E-state index contributed by atoms with van der Waals surface area (Å²) < 4.78 is 2.92. The summed E-state index contributed by atoms with van der Waals surface area (Å²) in [5.74, 6) is 0. The van der Waals surface area contributed by atoms with E-state index in [0.29, 0.717) is 0 Å². The van der Waals surface area contributed by atoms with E-state index in [0.717, 1.165) is 0 Å². The minimum absolute atomic E-state index is 0. The Morgan fingerprint density at radius 1 is 0.482 bits per heavy atom. The van der Waals surface area contributed by atoms with Gasteiger partial charge in [0.1, 0.15) is 0 Å². The topological polar surface area (TPSA) is 0 Å². The molecule has 6 aromatic rings. The molecule has 0 heterocycles. The minimum Gasteiger partial charge on any atom is -1.00 e. The van der Waals surface area contributed by atoms with E-state index >= 15 is 0 Å². The second-order valence-electron chi connectivity index (χ2n) is 14.6. The molecule has 0 saturated carbocycles. The zero-order chi connectivity index (χ0) is 40.6. The Balaban J connectivity index is 0. The first-order valence-corrected chi connectivity index (χ1v) is 27.9. The monoisotopic (exact) mass is 966 g/mol. The molecule has 0 N–H and O–H groups in total. The molecular formula is C50H60Cl2Si2Zr2-2. The summed E-state index contributed by atoms with van der Waals surface area (Å²) in [6.45, 7) is 32.9. The van der Waals surface area contributed by atoms with E-state index in [1.54, 1.807) is 12.2 Å². The molecule has 0 saturated heterocycles. The van der Waals surface area contributed by atoms with Crippen LogP contribution in [0.15, 0.2) is 180 Å². The predicted octanol–water partition coefficient (Wildman–Crippen LogP) is 8.27. The van der Waals surface area contributed by atoms with Crippen molar-refractivity contribution in [3.63, 3.8) is 0 Å². The molecule has 0 aliphatic carbocycles. The molecule has 0 spiro atoms. The molecule has 6 rings (SSSR count). The number of halogens is 2. The Labute approximate surface area is 385 Å². The minimum atomic E-state index is -1.11. The van der Waals surface area contributed by atoms with Gasteiger partial charge in [0.25, 0.3) is 0 Å². The van der Waals surface area contributed by atoms with Crippen molar-refractivity contribution in [1.29, 1.82) is 0 Å². The van der Waals surface area contributed by atoms with Crippen LogP contribution >= 0.6 is 0 Å². The van der Waals surface area contributed by atoms with Crippen molar-refractivity contribution < 1.29 is 73.3 Å². The molecule has 0 atom stereocenters. The van der Waals surface area contributed by atoms with E-state index in [1.165, 1.54) is 97.9 Å². The molecule has 6 aromatic carbocycles. The third-order valence-electron chi connectivity index (χ3n) is 8.22. The third-order valence-corrected chi connectivity index (χ3v) is 14.0. The molecule has 0 fully saturated rings. The first-order valence-electron chi connectivity index (χ1n) is 18.4. The average molecular weight is 971 g/mol. The number of rotatable bonds is 6. The van der Waals surface area contributed by atoms with E-state index in [2.05, 4.69) is 199 Å². The normalized spacial score (nSPS) is 10.6. The molecule has 0 aromatic heterocycles. The number of hydrogen-bond donors (Lipinski definition) is 0. The van der Waals surface area contributed by atoms with Crippen LogP contribution in [-0.2, 0) is 48.5 Å². The molecule has 6 heteroatoms. The molecule has 0 unspecified atom stereocenters. The SMILES string of the molecule is C[C](=[Zr+2])c1ccccc1.C[C](=[Zr+2])c1ccccc1.[CH-]=C/C(=C/C)[Si](C)(C)C.[CH-]=C/C(=C/C)[Si](C)(C)C.[Cl-].[Cl-].c1ccc2[cH-]ccc2c1.c1ccc2[cH-]ccc2c1. The van der Waals surface area contributed by atoms with E-state index in [9.17, 15) is 0 Å². The van der Waals surface area contributed by atoms with Crippen molar-refractivity contribution in [3.8, 4) is 0 Å². The van der Waals surface area contributed by atoms with Crippen molar-refractivity contribution in [3.05, 3.63) is 205 Å². The summed E-state index contributed by atoms with van der Waals surface area (Å²) in [4.78, 5) is 0. The van der Waals surface area contributed by atoms with Crippen molar-refractivity contribution in [2.45, 2.75) is 67.0 Å². The van der Waals surface area contributed by atoms with Gasteiger partial charge in [0.2, 0.25) is 0 Å². The summed E-state index contributed by atoms with van der Waals surface area (Å²) >= 11 is 3.01. The smallest absolute Gasteiger partial charge is 0.0114 e. The van der Waals surface area contributed by atoms with Crippen molar-refractivity contribution in [2.24, 2.45) is 0 Å². The molecule has 0 bridgehead atoms. The molecule has 0 aliphatic rings. The number of hydrogen-bond acceptors (Lipinski definition) is 0. The van der Waals surface area contributed by atoms with Gasteiger partial charge in [-0.3, -0.25) is 13.2 Å². The van der Waals surface area contributed by atoms with Gasteiger partial charge in [-0.15, -0.1) is 59.3 Å². The Kier molecular flexibility index (Phi) is 30.5. The maximum atomic E-state index is 5.41. The maximum absolute atomic E-state index is 5.41. The van der Waals surface area contributed by atoms with Gasteiger partial charge in [-0.2, -0.15) is 47.2 Å². The summed E-state index contributed by atoms with van der Waals surface area (Å²) in [5.41, 5.74) is 2.74. The second kappa shape index (κ2) is 30.6. The van der Waals surface area contributed by atoms with Crippen LogP contribution in [0.4, 0.5) is 0 Å². The Bertz CT molecular complexity index is 1830. The quantitative estimate of drug-likeness (QED) is 0.0897. The Morgan fingerprint density at radius 2 is 0.768 bits per heavy atom. The number of benzene rings is 4. The predicted molar refractivity (Wildman–Crippen MR) is 243 cm³/mol. The van der Waals surface area contributed by atoms with Crippen LogP contribution in [0, 0.1) is 13.2 Å².